The van der Waals surface area contributed by atoms with Crippen molar-refractivity contribution in [3.63, 3.8) is 0 Å². The molecule has 7 heteroatoms. The average molecular weight is 309 g/mol. The minimum absolute atomic E-state index is 0.00570. The Morgan fingerprint density at radius 2 is 2.23 bits per heavy atom. The number of carbonyl (C=O) groups is 2. The number of rotatable bonds is 5. The van der Waals surface area contributed by atoms with E-state index < -0.39 is 0 Å². The van der Waals surface area contributed by atoms with E-state index in [4.69, 9.17) is 9.26 Å². The van der Waals surface area contributed by atoms with E-state index in [9.17, 15) is 9.59 Å². The zero-order valence-electron chi connectivity index (χ0n) is 13.3. The Labute approximate surface area is 130 Å². The predicted octanol–water partition coefficient (Wildman–Crippen LogP) is 2.09. The Kier molecular flexibility index (Phi) is 5.41. The predicted molar refractivity (Wildman–Crippen MR) is 79.3 cm³/mol. The fraction of sp³-hybridized carbons (Fsp3) is 0.667. The van der Waals surface area contributed by atoms with Crippen LogP contribution in [0, 0.1) is 13.8 Å². The molecule has 7 nitrogen and oxygen atoms in total. The van der Waals surface area contributed by atoms with Crippen LogP contribution in [0.1, 0.15) is 49.2 Å². The minimum atomic E-state index is -0.300. The highest BCUT2D eigenvalue weighted by atomic mass is 16.5. The van der Waals surface area contributed by atoms with Gasteiger partial charge in [-0.2, -0.15) is 0 Å². The van der Waals surface area contributed by atoms with Crippen molar-refractivity contribution in [2.45, 2.75) is 46.1 Å². The molecule has 1 aliphatic rings. The van der Waals surface area contributed by atoms with Gasteiger partial charge in [-0.25, -0.2) is 4.79 Å². The summed E-state index contributed by atoms with van der Waals surface area (Å²) in [5.41, 5.74) is 1.83. The van der Waals surface area contributed by atoms with E-state index >= 15 is 0 Å². The Morgan fingerprint density at radius 3 is 2.86 bits per heavy atom. The summed E-state index contributed by atoms with van der Waals surface area (Å²) in [6.07, 6.45) is 2.03. The fourth-order valence-electron chi connectivity index (χ4n) is 2.88. The number of nitrogens with one attached hydrogen (secondary N) is 1. The van der Waals surface area contributed by atoms with Gasteiger partial charge >= 0.3 is 12.0 Å². The van der Waals surface area contributed by atoms with E-state index in [1.165, 1.54) is 0 Å². The maximum atomic E-state index is 12.3. The van der Waals surface area contributed by atoms with Crippen LogP contribution in [0.2, 0.25) is 0 Å². The Balaban J connectivity index is 1.93. The lowest BCUT2D eigenvalue weighted by Gasteiger charge is -2.25. The third kappa shape index (κ3) is 3.58. The van der Waals surface area contributed by atoms with E-state index in [2.05, 4.69) is 10.5 Å². The van der Waals surface area contributed by atoms with Crippen LogP contribution in [-0.2, 0) is 9.53 Å². The van der Waals surface area contributed by atoms with E-state index in [-0.39, 0.29) is 31.0 Å². The highest BCUT2D eigenvalue weighted by Crippen LogP contribution is 2.35. The Bertz CT molecular complexity index is 521. The lowest BCUT2D eigenvalue weighted by atomic mass is 10.0. The Morgan fingerprint density at radius 1 is 1.45 bits per heavy atom. The molecule has 0 radical (unpaired) electrons. The summed E-state index contributed by atoms with van der Waals surface area (Å²) in [5, 5.41) is 6.75. The summed E-state index contributed by atoms with van der Waals surface area (Å²) in [6, 6.07) is -0.166. The van der Waals surface area contributed by atoms with Gasteiger partial charge in [0.05, 0.1) is 24.8 Å². The second-order valence-electron chi connectivity index (χ2n) is 5.38. The molecule has 122 valence electrons. The number of aryl methyl sites for hydroxylation is 2. The summed E-state index contributed by atoms with van der Waals surface area (Å²) >= 11 is 0. The average Bonchev–Trinajstić information content (AvgIpc) is 3.06. The van der Waals surface area contributed by atoms with Crippen LogP contribution in [0.4, 0.5) is 4.79 Å². The van der Waals surface area contributed by atoms with Crippen LogP contribution in [0.15, 0.2) is 4.52 Å². The van der Waals surface area contributed by atoms with Crippen molar-refractivity contribution in [3.8, 4) is 0 Å². The van der Waals surface area contributed by atoms with E-state index in [0.29, 0.717) is 13.2 Å². The molecule has 1 aliphatic heterocycles. The third-order valence-electron chi connectivity index (χ3n) is 3.85. The van der Waals surface area contributed by atoms with Crippen LogP contribution in [0.3, 0.4) is 0 Å². The molecular formula is C15H23N3O4. The highest BCUT2D eigenvalue weighted by molar-refractivity contribution is 5.76. The molecule has 0 aromatic carbocycles. The fourth-order valence-corrected chi connectivity index (χ4v) is 2.88. The van der Waals surface area contributed by atoms with Crippen molar-refractivity contribution in [2.75, 3.05) is 19.7 Å². The number of urea groups is 1. The first-order chi connectivity index (χ1) is 10.5. The third-order valence-corrected chi connectivity index (χ3v) is 3.85. The number of carbonyl (C=O) groups excluding carboxylic acids is 2. The largest absolute Gasteiger partial charge is 0.466 e. The van der Waals surface area contributed by atoms with Gasteiger partial charge in [0.15, 0.2) is 0 Å². The molecule has 1 saturated heterocycles. The summed E-state index contributed by atoms with van der Waals surface area (Å²) in [7, 11) is 0. The number of likely N-dealkylation sites (tertiary alicyclic amines) is 1. The monoisotopic (exact) mass is 309 g/mol. The normalized spacial score (nSPS) is 17.6. The second-order valence-corrected chi connectivity index (χ2v) is 5.38. The molecule has 2 amide bonds. The first-order valence-electron chi connectivity index (χ1n) is 7.67. The molecule has 0 bridgehead atoms. The van der Waals surface area contributed by atoms with Gasteiger partial charge in [0, 0.05) is 18.7 Å². The molecule has 0 unspecified atom stereocenters. The van der Waals surface area contributed by atoms with Gasteiger partial charge in [0.2, 0.25) is 0 Å². The molecule has 1 aromatic rings. The van der Waals surface area contributed by atoms with Gasteiger partial charge in [0.1, 0.15) is 5.76 Å². The Hall–Kier alpha value is -2.05. The van der Waals surface area contributed by atoms with Crippen LogP contribution < -0.4 is 5.32 Å². The number of hydrogen-bond donors (Lipinski definition) is 1. The topological polar surface area (TPSA) is 84.7 Å². The molecule has 2 heterocycles. The van der Waals surface area contributed by atoms with Gasteiger partial charge in [-0.1, -0.05) is 5.16 Å². The number of hydrogen-bond acceptors (Lipinski definition) is 5. The highest BCUT2D eigenvalue weighted by Gasteiger charge is 2.33. The molecule has 2 rings (SSSR count). The summed E-state index contributed by atoms with van der Waals surface area (Å²) in [6.45, 7) is 6.84. The van der Waals surface area contributed by atoms with Gasteiger partial charge in [0.25, 0.3) is 0 Å². The molecule has 1 aromatic heterocycles. The first-order valence-corrected chi connectivity index (χ1v) is 7.67. The van der Waals surface area contributed by atoms with Crippen molar-refractivity contribution in [2.24, 2.45) is 0 Å². The summed E-state index contributed by atoms with van der Waals surface area (Å²) in [4.78, 5) is 25.4. The van der Waals surface area contributed by atoms with Gasteiger partial charge in [-0.15, -0.1) is 0 Å². The second kappa shape index (κ2) is 7.29. The zero-order valence-corrected chi connectivity index (χ0v) is 13.3. The minimum Gasteiger partial charge on any atom is -0.466 e. The maximum absolute atomic E-state index is 12.3. The number of ether oxygens (including phenoxy) is 1. The van der Waals surface area contributed by atoms with E-state index in [1.807, 2.05) is 13.8 Å². The smallest absolute Gasteiger partial charge is 0.317 e. The molecule has 1 fully saturated rings. The van der Waals surface area contributed by atoms with Gasteiger partial charge in [-0.3, -0.25) is 4.79 Å². The molecule has 0 spiro atoms. The number of nitrogens with zero attached hydrogens (tertiary/aromatic N) is 2. The molecule has 1 N–H and O–H groups in total. The van der Waals surface area contributed by atoms with Crippen LogP contribution in [0.5, 0.6) is 0 Å². The lowest BCUT2D eigenvalue weighted by Crippen LogP contribution is -2.40. The standard InChI is InChI=1S/C15H23N3O4/c1-4-21-13(19)7-8-16-15(20)18-9-5-6-12(18)14-10(2)17-22-11(14)3/h12H,4-9H2,1-3H3,(H,16,20)/t12-/m0/s1. The van der Waals surface area contributed by atoms with Crippen molar-refractivity contribution in [1.82, 2.24) is 15.4 Å². The van der Waals surface area contributed by atoms with Crippen LogP contribution in [-0.4, -0.2) is 41.8 Å². The molecule has 1 atom stereocenters. The van der Waals surface area contributed by atoms with Gasteiger partial charge in [-0.05, 0) is 33.6 Å². The molecule has 22 heavy (non-hydrogen) atoms. The molecular weight excluding hydrogens is 286 g/mol. The summed E-state index contributed by atoms with van der Waals surface area (Å²) < 4.78 is 10.0. The quantitative estimate of drug-likeness (QED) is 0.842. The zero-order chi connectivity index (χ0) is 16.1. The van der Waals surface area contributed by atoms with Crippen molar-refractivity contribution >= 4 is 12.0 Å². The van der Waals surface area contributed by atoms with Crippen molar-refractivity contribution in [3.05, 3.63) is 17.0 Å². The van der Waals surface area contributed by atoms with Crippen molar-refractivity contribution < 1.29 is 18.8 Å². The number of esters is 1. The SMILES string of the molecule is CCOC(=O)CCNC(=O)N1CCC[C@H]1c1c(C)noc1C. The molecule has 0 saturated carbocycles. The number of amides is 2. The first kappa shape index (κ1) is 16.3. The van der Waals surface area contributed by atoms with Crippen molar-refractivity contribution in [1.29, 1.82) is 0 Å². The maximum Gasteiger partial charge on any atom is 0.317 e. The van der Waals surface area contributed by atoms with Gasteiger partial charge < -0.3 is 19.5 Å². The van der Waals surface area contributed by atoms with Crippen LogP contribution >= 0.6 is 0 Å². The lowest BCUT2D eigenvalue weighted by molar-refractivity contribution is -0.142. The number of aromatic nitrogens is 1. The van der Waals surface area contributed by atoms with E-state index in [0.717, 1.165) is 29.9 Å². The summed E-state index contributed by atoms with van der Waals surface area (Å²) in [5.74, 6) is 0.459. The molecule has 0 aliphatic carbocycles. The van der Waals surface area contributed by atoms with Crippen LogP contribution in [0.25, 0.3) is 0 Å². The van der Waals surface area contributed by atoms with E-state index in [1.54, 1.807) is 11.8 Å².